The summed E-state index contributed by atoms with van der Waals surface area (Å²) in [5.74, 6) is 1.57. The van der Waals surface area contributed by atoms with Crippen LogP contribution in [0.4, 0.5) is 20.7 Å². The molecule has 8 heteroatoms. The molecule has 1 N–H and O–H groups in total. The van der Waals surface area contributed by atoms with Crippen LogP contribution in [-0.2, 0) is 0 Å². The Morgan fingerprint density at radius 2 is 1.96 bits per heavy atom. The zero-order chi connectivity index (χ0) is 17.8. The van der Waals surface area contributed by atoms with Crippen molar-refractivity contribution in [3.8, 4) is 5.88 Å². The number of piperazine rings is 1. The second kappa shape index (κ2) is 7.33. The van der Waals surface area contributed by atoms with E-state index in [4.69, 9.17) is 4.74 Å². The molecule has 0 saturated carbocycles. The molecule has 1 aromatic heterocycles. The molecule has 1 saturated heterocycles. The summed E-state index contributed by atoms with van der Waals surface area (Å²) in [4.78, 5) is 24.7. The van der Waals surface area contributed by atoms with Gasteiger partial charge in [-0.3, -0.25) is 0 Å². The van der Waals surface area contributed by atoms with E-state index in [-0.39, 0.29) is 11.8 Å². The highest BCUT2D eigenvalue weighted by Crippen LogP contribution is 2.19. The number of methoxy groups -OCH3 is 1. The number of aryl methyl sites for hydroxylation is 1. The molecule has 1 aliphatic rings. The van der Waals surface area contributed by atoms with Crippen LogP contribution < -0.4 is 15.0 Å². The van der Waals surface area contributed by atoms with Crippen molar-refractivity contribution in [2.75, 3.05) is 43.5 Å². The van der Waals surface area contributed by atoms with Gasteiger partial charge in [-0.15, -0.1) is 0 Å². The van der Waals surface area contributed by atoms with Crippen LogP contribution in [0.5, 0.6) is 5.88 Å². The van der Waals surface area contributed by atoms with E-state index in [0.717, 1.165) is 5.82 Å². The Kier molecular flexibility index (Phi) is 4.97. The largest absolute Gasteiger partial charge is 0.481 e. The van der Waals surface area contributed by atoms with Gasteiger partial charge >= 0.3 is 6.03 Å². The minimum Gasteiger partial charge on any atom is -0.481 e. The molecule has 0 spiro atoms. The quantitative estimate of drug-likeness (QED) is 0.924. The zero-order valence-corrected chi connectivity index (χ0v) is 14.2. The summed E-state index contributed by atoms with van der Waals surface area (Å²) in [5, 5.41) is 2.72. The molecule has 7 nitrogen and oxygen atoms in total. The molecule has 1 aliphatic heterocycles. The molecule has 2 heterocycles. The van der Waals surface area contributed by atoms with E-state index in [2.05, 4.69) is 20.2 Å². The Bertz CT molecular complexity index is 762. The SMILES string of the molecule is COc1cc(N2CCN(C(=O)Nc3cccc(F)c3)CC2)nc(C)n1. The van der Waals surface area contributed by atoms with Gasteiger partial charge in [0.15, 0.2) is 0 Å². The molecule has 25 heavy (non-hydrogen) atoms. The zero-order valence-electron chi connectivity index (χ0n) is 14.2. The number of nitrogens with one attached hydrogen (secondary N) is 1. The Labute approximate surface area is 145 Å². The predicted molar refractivity (Wildman–Crippen MR) is 92.5 cm³/mol. The molecule has 132 valence electrons. The summed E-state index contributed by atoms with van der Waals surface area (Å²) >= 11 is 0. The molecule has 0 radical (unpaired) electrons. The number of benzene rings is 1. The second-order valence-electron chi connectivity index (χ2n) is 5.73. The van der Waals surface area contributed by atoms with Crippen molar-refractivity contribution in [3.63, 3.8) is 0 Å². The Balaban J connectivity index is 1.60. The van der Waals surface area contributed by atoms with E-state index in [1.807, 2.05) is 6.92 Å². The number of carbonyl (C=O) groups excluding carboxylic acids is 1. The molecule has 2 amide bonds. The Hall–Kier alpha value is -2.90. The van der Waals surface area contributed by atoms with Gasteiger partial charge in [0.25, 0.3) is 0 Å². The molecule has 1 fully saturated rings. The smallest absolute Gasteiger partial charge is 0.321 e. The van der Waals surface area contributed by atoms with Gasteiger partial charge in [-0.05, 0) is 25.1 Å². The number of rotatable bonds is 3. The molecule has 0 unspecified atom stereocenters. The van der Waals surface area contributed by atoms with Gasteiger partial charge in [0.1, 0.15) is 17.5 Å². The monoisotopic (exact) mass is 345 g/mol. The summed E-state index contributed by atoms with van der Waals surface area (Å²) < 4.78 is 18.4. The van der Waals surface area contributed by atoms with Crippen LogP contribution in [0.25, 0.3) is 0 Å². The molecule has 0 aliphatic carbocycles. The van der Waals surface area contributed by atoms with Crippen molar-refractivity contribution >= 4 is 17.5 Å². The van der Waals surface area contributed by atoms with Gasteiger partial charge in [-0.2, -0.15) is 4.98 Å². The highest BCUT2D eigenvalue weighted by atomic mass is 19.1. The van der Waals surface area contributed by atoms with Crippen LogP contribution in [0.2, 0.25) is 0 Å². The standard InChI is InChI=1S/C17H20FN5O2/c1-12-19-15(11-16(20-12)25-2)22-6-8-23(9-7-22)17(24)21-14-5-3-4-13(18)10-14/h3-5,10-11H,6-9H2,1-2H3,(H,21,24). The van der Waals surface area contributed by atoms with E-state index in [1.165, 1.54) is 12.1 Å². The van der Waals surface area contributed by atoms with Crippen molar-refractivity contribution in [3.05, 3.63) is 42.0 Å². The van der Waals surface area contributed by atoms with Gasteiger partial charge in [0, 0.05) is 37.9 Å². The van der Waals surface area contributed by atoms with E-state index in [0.29, 0.717) is 43.6 Å². The first-order valence-electron chi connectivity index (χ1n) is 8.01. The van der Waals surface area contributed by atoms with E-state index in [9.17, 15) is 9.18 Å². The average Bonchev–Trinajstić information content (AvgIpc) is 2.61. The number of halogens is 1. The lowest BCUT2D eigenvalue weighted by atomic mass is 10.3. The minimum absolute atomic E-state index is 0.235. The number of anilines is 2. The lowest BCUT2D eigenvalue weighted by molar-refractivity contribution is 0.208. The fraction of sp³-hybridized carbons (Fsp3) is 0.353. The Morgan fingerprint density at radius 1 is 1.20 bits per heavy atom. The van der Waals surface area contributed by atoms with E-state index < -0.39 is 0 Å². The number of hydrogen-bond donors (Lipinski definition) is 1. The van der Waals surface area contributed by atoms with Crippen molar-refractivity contribution in [1.82, 2.24) is 14.9 Å². The number of ether oxygens (including phenoxy) is 1. The van der Waals surface area contributed by atoms with Gasteiger partial charge in [-0.25, -0.2) is 14.2 Å². The fourth-order valence-electron chi connectivity index (χ4n) is 2.70. The third-order valence-corrected chi connectivity index (χ3v) is 3.98. The van der Waals surface area contributed by atoms with Crippen LogP contribution in [0.3, 0.4) is 0 Å². The first-order chi connectivity index (χ1) is 12.0. The second-order valence-corrected chi connectivity index (χ2v) is 5.73. The van der Waals surface area contributed by atoms with Crippen LogP contribution in [0, 0.1) is 12.7 Å². The molecule has 3 rings (SSSR count). The van der Waals surface area contributed by atoms with Crippen molar-refractivity contribution in [2.24, 2.45) is 0 Å². The number of aromatic nitrogens is 2. The molecular weight excluding hydrogens is 325 g/mol. The number of amides is 2. The van der Waals surface area contributed by atoms with Gasteiger partial charge in [0.2, 0.25) is 5.88 Å². The first kappa shape index (κ1) is 16.9. The lowest BCUT2D eigenvalue weighted by Gasteiger charge is -2.35. The third kappa shape index (κ3) is 4.14. The number of carbonyl (C=O) groups is 1. The predicted octanol–water partition coefficient (Wildman–Crippen LogP) is 2.29. The molecule has 0 atom stereocenters. The van der Waals surface area contributed by atoms with Crippen LogP contribution >= 0.6 is 0 Å². The average molecular weight is 345 g/mol. The third-order valence-electron chi connectivity index (χ3n) is 3.98. The highest BCUT2D eigenvalue weighted by Gasteiger charge is 2.22. The normalized spacial score (nSPS) is 14.4. The minimum atomic E-state index is -0.379. The topological polar surface area (TPSA) is 70.6 Å². The van der Waals surface area contributed by atoms with E-state index in [1.54, 1.807) is 30.2 Å². The summed E-state index contributed by atoms with van der Waals surface area (Å²) in [6, 6.07) is 7.41. The van der Waals surface area contributed by atoms with Crippen molar-refractivity contribution in [1.29, 1.82) is 0 Å². The Morgan fingerprint density at radius 3 is 2.64 bits per heavy atom. The number of hydrogen-bond acceptors (Lipinski definition) is 5. The van der Waals surface area contributed by atoms with Gasteiger partial charge in [0.05, 0.1) is 7.11 Å². The number of nitrogens with zero attached hydrogens (tertiary/aromatic N) is 4. The highest BCUT2D eigenvalue weighted by molar-refractivity contribution is 5.89. The lowest BCUT2D eigenvalue weighted by Crippen LogP contribution is -2.50. The van der Waals surface area contributed by atoms with Crippen LogP contribution in [0.15, 0.2) is 30.3 Å². The van der Waals surface area contributed by atoms with Gasteiger partial charge in [-0.1, -0.05) is 6.07 Å². The summed E-state index contributed by atoms with van der Waals surface area (Å²) in [6.07, 6.45) is 0. The summed E-state index contributed by atoms with van der Waals surface area (Å²) in [5.41, 5.74) is 0.448. The molecular formula is C17H20FN5O2. The maximum atomic E-state index is 13.2. The fourth-order valence-corrected chi connectivity index (χ4v) is 2.70. The van der Waals surface area contributed by atoms with Crippen LogP contribution in [0.1, 0.15) is 5.82 Å². The van der Waals surface area contributed by atoms with Crippen molar-refractivity contribution in [2.45, 2.75) is 6.92 Å². The van der Waals surface area contributed by atoms with Crippen LogP contribution in [-0.4, -0.2) is 54.2 Å². The van der Waals surface area contributed by atoms with Gasteiger partial charge < -0.3 is 19.9 Å². The molecule has 1 aromatic carbocycles. The molecule has 0 bridgehead atoms. The molecule has 2 aromatic rings. The van der Waals surface area contributed by atoms with E-state index >= 15 is 0 Å². The number of urea groups is 1. The van der Waals surface area contributed by atoms with Crippen molar-refractivity contribution < 1.29 is 13.9 Å². The maximum Gasteiger partial charge on any atom is 0.321 e. The summed E-state index contributed by atoms with van der Waals surface area (Å²) in [7, 11) is 1.57. The summed E-state index contributed by atoms with van der Waals surface area (Å²) in [6.45, 7) is 4.21. The first-order valence-corrected chi connectivity index (χ1v) is 8.01. The maximum absolute atomic E-state index is 13.2.